The van der Waals surface area contributed by atoms with Crippen LogP contribution in [0.3, 0.4) is 0 Å². The van der Waals surface area contributed by atoms with Gasteiger partial charge in [-0.15, -0.1) is 0 Å². The van der Waals surface area contributed by atoms with E-state index in [1.54, 1.807) is 12.2 Å². The Morgan fingerprint density at radius 3 is 3.07 bits per heavy atom. The third kappa shape index (κ3) is 1.25. The molecule has 2 aliphatic rings. The van der Waals surface area contributed by atoms with E-state index >= 15 is 0 Å². The van der Waals surface area contributed by atoms with Crippen molar-refractivity contribution in [2.75, 3.05) is 0 Å². The van der Waals surface area contributed by atoms with Crippen molar-refractivity contribution in [1.29, 1.82) is 0 Å². The molecular weight excluding hydrogens is 179 g/mol. The monoisotopic (exact) mass is 188 g/mol. The summed E-state index contributed by atoms with van der Waals surface area (Å²) in [5.41, 5.74) is 6.51. The van der Waals surface area contributed by atoms with Gasteiger partial charge in [0.15, 0.2) is 11.5 Å². The SMILES string of the molecule is [B]C1=NC2C(N)=C(C(C)=O)OC2C=C1. The van der Waals surface area contributed by atoms with Crippen molar-refractivity contribution in [3.63, 3.8) is 0 Å². The van der Waals surface area contributed by atoms with Crippen LogP contribution in [0.1, 0.15) is 6.92 Å². The van der Waals surface area contributed by atoms with Gasteiger partial charge in [0.25, 0.3) is 0 Å². The van der Waals surface area contributed by atoms with Gasteiger partial charge in [0.05, 0.1) is 5.70 Å². The molecule has 2 unspecified atom stereocenters. The van der Waals surface area contributed by atoms with Crippen molar-refractivity contribution in [2.24, 2.45) is 10.7 Å². The predicted octanol–water partition coefficient (Wildman–Crippen LogP) is -0.350. The molecule has 2 heterocycles. The maximum Gasteiger partial charge on any atom is 0.196 e. The molecule has 70 valence electrons. The Kier molecular flexibility index (Phi) is 1.95. The Balaban J connectivity index is 2.35. The van der Waals surface area contributed by atoms with Gasteiger partial charge in [0.1, 0.15) is 20.0 Å². The summed E-state index contributed by atoms with van der Waals surface area (Å²) in [6.45, 7) is 1.41. The van der Waals surface area contributed by atoms with Gasteiger partial charge in [-0.05, 0) is 11.7 Å². The molecule has 4 nitrogen and oxygen atoms in total. The lowest BCUT2D eigenvalue weighted by Gasteiger charge is -2.17. The van der Waals surface area contributed by atoms with Crippen molar-refractivity contribution in [3.8, 4) is 0 Å². The Morgan fingerprint density at radius 1 is 1.71 bits per heavy atom. The first-order valence-corrected chi connectivity index (χ1v) is 4.28. The molecule has 2 atom stereocenters. The second-order valence-electron chi connectivity index (χ2n) is 3.28. The van der Waals surface area contributed by atoms with E-state index in [1.807, 2.05) is 0 Å². The standard InChI is InChI=1S/C9H9BN2O2/c1-4(13)9-7(11)8-5(14-9)2-3-6(10)12-8/h2-3,5,8H,11H2,1H3. The zero-order chi connectivity index (χ0) is 10.3. The quantitative estimate of drug-likeness (QED) is 0.572. The molecule has 0 amide bonds. The molecule has 0 aliphatic carbocycles. The van der Waals surface area contributed by atoms with Gasteiger partial charge in [-0.2, -0.15) is 0 Å². The van der Waals surface area contributed by atoms with Gasteiger partial charge in [-0.1, -0.05) is 6.08 Å². The van der Waals surface area contributed by atoms with Crippen LogP contribution in [0.5, 0.6) is 0 Å². The van der Waals surface area contributed by atoms with Crippen LogP contribution < -0.4 is 5.73 Å². The van der Waals surface area contributed by atoms with Crippen LogP contribution in [0.2, 0.25) is 0 Å². The van der Waals surface area contributed by atoms with E-state index in [1.165, 1.54) is 6.92 Å². The van der Waals surface area contributed by atoms with Crippen molar-refractivity contribution >= 4 is 19.2 Å². The van der Waals surface area contributed by atoms with E-state index < -0.39 is 0 Å². The summed E-state index contributed by atoms with van der Waals surface area (Å²) in [6.07, 6.45) is 3.13. The van der Waals surface area contributed by atoms with Crippen molar-refractivity contribution in [2.45, 2.75) is 19.1 Å². The van der Waals surface area contributed by atoms with E-state index in [0.29, 0.717) is 11.3 Å². The minimum absolute atomic E-state index is 0.181. The zero-order valence-electron chi connectivity index (χ0n) is 7.73. The summed E-state index contributed by atoms with van der Waals surface area (Å²) in [5.74, 6) is 0.0298. The van der Waals surface area contributed by atoms with Crippen LogP contribution >= 0.6 is 0 Å². The fourth-order valence-electron chi connectivity index (χ4n) is 1.55. The molecule has 2 radical (unpaired) electrons. The number of fused-ring (bicyclic) bond motifs is 1. The van der Waals surface area contributed by atoms with Crippen molar-refractivity contribution in [3.05, 3.63) is 23.6 Å². The van der Waals surface area contributed by atoms with Gasteiger partial charge < -0.3 is 10.5 Å². The summed E-state index contributed by atoms with van der Waals surface area (Å²) in [5, 5.41) is 0. The molecule has 0 bridgehead atoms. The maximum absolute atomic E-state index is 11.1. The number of carbonyl (C=O) groups excluding carboxylic acids is 1. The Hall–Kier alpha value is -1.52. The Bertz CT molecular complexity index is 384. The number of hydrogen-bond donors (Lipinski definition) is 1. The molecule has 2 N–H and O–H groups in total. The summed E-state index contributed by atoms with van der Waals surface area (Å²) in [7, 11) is 5.52. The summed E-state index contributed by atoms with van der Waals surface area (Å²) in [4.78, 5) is 15.2. The molecule has 2 rings (SSSR count). The van der Waals surface area contributed by atoms with Crippen LogP contribution in [0, 0.1) is 0 Å². The highest BCUT2D eigenvalue weighted by Gasteiger charge is 2.36. The van der Waals surface area contributed by atoms with Crippen LogP contribution in [0.4, 0.5) is 0 Å². The highest BCUT2D eigenvalue weighted by molar-refractivity contribution is 6.63. The Morgan fingerprint density at radius 2 is 2.43 bits per heavy atom. The first kappa shape index (κ1) is 9.06. The molecule has 14 heavy (non-hydrogen) atoms. The lowest BCUT2D eigenvalue weighted by molar-refractivity contribution is -0.117. The van der Waals surface area contributed by atoms with E-state index in [2.05, 4.69) is 4.99 Å². The number of nitrogens with two attached hydrogens (primary N) is 1. The van der Waals surface area contributed by atoms with E-state index in [-0.39, 0.29) is 23.7 Å². The number of Topliss-reactive ketones (excluding diaryl/α,β-unsaturated/α-hetero) is 1. The third-order valence-electron chi connectivity index (χ3n) is 2.21. The first-order valence-electron chi connectivity index (χ1n) is 4.28. The summed E-state index contributed by atoms with van der Waals surface area (Å²) in [6, 6.07) is -0.334. The fraction of sp³-hybridized carbons (Fsp3) is 0.333. The molecule has 0 aromatic rings. The van der Waals surface area contributed by atoms with Gasteiger partial charge in [0.2, 0.25) is 0 Å². The van der Waals surface area contributed by atoms with Crippen LogP contribution in [0.15, 0.2) is 28.6 Å². The minimum atomic E-state index is -0.334. The maximum atomic E-state index is 11.1. The Labute approximate surface area is 82.9 Å². The number of rotatable bonds is 1. The highest BCUT2D eigenvalue weighted by atomic mass is 16.5. The largest absolute Gasteiger partial charge is 0.478 e. The lowest BCUT2D eigenvalue weighted by Crippen LogP contribution is -2.28. The number of dihydropyridines is 1. The van der Waals surface area contributed by atoms with E-state index in [9.17, 15) is 4.79 Å². The average Bonchev–Trinajstić information content (AvgIpc) is 2.44. The van der Waals surface area contributed by atoms with Gasteiger partial charge >= 0.3 is 0 Å². The lowest BCUT2D eigenvalue weighted by atomic mass is 9.95. The molecule has 0 aromatic heterocycles. The molecule has 0 aromatic carbocycles. The second kappa shape index (κ2) is 3.01. The zero-order valence-corrected chi connectivity index (χ0v) is 7.73. The van der Waals surface area contributed by atoms with Gasteiger partial charge in [-0.25, -0.2) is 0 Å². The van der Waals surface area contributed by atoms with Gasteiger partial charge in [0, 0.05) is 6.92 Å². The molecule has 0 spiro atoms. The van der Waals surface area contributed by atoms with Crippen LogP contribution in [-0.2, 0) is 9.53 Å². The normalized spacial score (nSPS) is 29.6. The first-order chi connectivity index (χ1) is 6.59. The van der Waals surface area contributed by atoms with E-state index in [4.69, 9.17) is 18.3 Å². The van der Waals surface area contributed by atoms with Crippen molar-refractivity contribution in [1.82, 2.24) is 0 Å². The summed E-state index contributed by atoms with van der Waals surface area (Å²) >= 11 is 0. The van der Waals surface area contributed by atoms with Crippen molar-refractivity contribution < 1.29 is 9.53 Å². The molecule has 0 fully saturated rings. The number of nitrogens with zero attached hydrogens (tertiary/aromatic N) is 1. The molecule has 2 aliphatic heterocycles. The predicted molar refractivity (Wildman–Crippen MR) is 52.9 cm³/mol. The topological polar surface area (TPSA) is 64.7 Å². The second-order valence-corrected chi connectivity index (χ2v) is 3.28. The van der Waals surface area contributed by atoms with Gasteiger partial charge in [-0.3, -0.25) is 9.79 Å². The smallest absolute Gasteiger partial charge is 0.196 e. The number of ketones is 1. The summed E-state index contributed by atoms with van der Waals surface area (Å²) < 4.78 is 5.34. The number of aliphatic imine (C=N–C) groups is 1. The minimum Gasteiger partial charge on any atom is -0.478 e. The average molecular weight is 188 g/mol. The fourth-order valence-corrected chi connectivity index (χ4v) is 1.55. The molecule has 0 saturated heterocycles. The number of hydrogen-bond acceptors (Lipinski definition) is 4. The third-order valence-corrected chi connectivity index (χ3v) is 2.21. The number of carbonyl (C=O) groups is 1. The van der Waals surface area contributed by atoms with Crippen LogP contribution in [-0.4, -0.2) is 31.4 Å². The van der Waals surface area contributed by atoms with Crippen LogP contribution in [0.25, 0.3) is 0 Å². The number of allylic oxidation sites excluding steroid dienone is 2. The molecule has 5 heteroatoms. The highest BCUT2D eigenvalue weighted by Crippen LogP contribution is 2.28. The number of ether oxygens (including phenoxy) is 1. The molecule has 0 saturated carbocycles. The van der Waals surface area contributed by atoms with E-state index in [0.717, 1.165) is 0 Å². The molecular formula is C9H9BN2O2.